The number of hydrogen-bond donors (Lipinski definition) is 4. The number of oxime groups is 1. The van der Waals surface area contributed by atoms with E-state index < -0.39 is 17.7 Å². The Kier molecular flexibility index (Phi) is 13.9. The minimum atomic E-state index is -1.35. The standard InChI is InChI=1S/C48H58N4O7/c1-4-25-56-37-21-22-43-40(29-37)45-38(19-12-14-24-54)34(17-11-13-23-53)28-39-42(51-58-32-33-15-7-6-8-16-33)30-44(48(59-43,46(39)45)57-26-5-2)52(3)47(55)49-31-36-27-35-18-9-10-20-41(35)50-36/h4-10,15-16,18,20-22,27-29,34,38,44-46,50,53-54H,1-2,11-14,17,19,23-26,30-32H2,3H3,(H,49,55). The fourth-order valence-electron chi connectivity index (χ4n) is 9.40. The molecule has 4 N–H and O–H groups in total. The quantitative estimate of drug-likeness (QED) is 0.0400. The Morgan fingerprint density at radius 1 is 0.983 bits per heavy atom. The average molecular weight is 803 g/mol. The van der Waals surface area contributed by atoms with Crippen molar-refractivity contribution in [3.05, 3.63) is 133 Å². The summed E-state index contributed by atoms with van der Waals surface area (Å²) in [4.78, 5) is 25.7. The van der Waals surface area contributed by atoms with E-state index in [1.807, 2.05) is 72.8 Å². The Balaban J connectivity index is 1.35. The minimum absolute atomic E-state index is 0.101. The molecule has 6 atom stereocenters. The second-order valence-corrected chi connectivity index (χ2v) is 15.8. The minimum Gasteiger partial charge on any atom is -0.490 e. The molecule has 59 heavy (non-hydrogen) atoms. The maximum absolute atomic E-state index is 14.4. The van der Waals surface area contributed by atoms with Gasteiger partial charge in [0.2, 0.25) is 5.79 Å². The van der Waals surface area contributed by atoms with Crippen LogP contribution in [0.5, 0.6) is 11.5 Å². The summed E-state index contributed by atoms with van der Waals surface area (Å²) in [6.45, 7) is 9.21. The molecule has 2 aliphatic carbocycles. The van der Waals surface area contributed by atoms with Gasteiger partial charge in [-0.2, -0.15) is 0 Å². The highest BCUT2D eigenvalue weighted by Gasteiger charge is 2.65. The van der Waals surface area contributed by atoms with Gasteiger partial charge in [0, 0.05) is 49.4 Å². The number of unbranched alkanes of at least 4 members (excludes halogenated alkanes) is 2. The lowest BCUT2D eigenvalue weighted by Gasteiger charge is -2.59. The van der Waals surface area contributed by atoms with Gasteiger partial charge in [0.1, 0.15) is 30.8 Å². The van der Waals surface area contributed by atoms with E-state index in [0.717, 1.165) is 64.7 Å². The monoisotopic (exact) mass is 802 g/mol. The number of carbonyl (C=O) groups excluding carboxylic acids is 1. The van der Waals surface area contributed by atoms with Crippen molar-refractivity contribution in [3.8, 4) is 11.5 Å². The van der Waals surface area contributed by atoms with Gasteiger partial charge in [0.15, 0.2) is 0 Å². The number of allylic oxidation sites excluding steroid dienone is 1. The van der Waals surface area contributed by atoms with Gasteiger partial charge in [-0.1, -0.05) is 91.3 Å². The molecule has 6 unspecified atom stereocenters. The number of nitrogens with zero attached hydrogens (tertiary/aromatic N) is 2. The van der Waals surface area contributed by atoms with Crippen molar-refractivity contribution < 1.29 is 34.1 Å². The molecule has 2 heterocycles. The summed E-state index contributed by atoms with van der Waals surface area (Å²) in [6, 6.07) is 25.0. The maximum Gasteiger partial charge on any atom is 0.317 e. The molecule has 11 nitrogen and oxygen atoms in total. The van der Waals surface area contributed by atoms with Gasteiger partial charge in [0.05, 0.1) is 24.8 Å². The first-order chi connectivity index (χ1) is 28.9. The summed E-state index contributed by atoms with van der Waals surface area (Å²) < 4.78 is 20.4. The number of H-pyrrole nitrogens is 1. The van der Waals surface area contributed by atoms with Crippen molar-refractivity contribution in [2.45, 2.75) is 75.8 Å². The van der Waals surface area contributed by atoms with Gasteiger partial charge in [-0.25, -0.2) is 4.79 Å². The highest BCUT2D eigenvalue weighted by molar-refractivity contribution is 6.03. The molecule has 312 valence electrons. The van der Waals surface area contributed by atoms with Crippen LogP contribution in [0, 0.1) is 17.8 Å². The zero-order valence-corrected chi connectivity index (χ0v) is 34.1. The molecule has 4 aromatic rings. The fraction of sp³-hybridized carbons (Fsp3) is 0.417. The summed E-state index contributed by atoms with van der Waals surface area (Å²) in [7, 11) is 1.79. The molecule has 0 saturated heterocycles. The third-order valence-corrected chi connectivity index (χ3v) is 12.1. The van der Waals surface area contributed by atoms with Crippen molar-refractivity contribution in [1.82, 2.24) is 15.2 Å². The number of hydrogen-bond acceptors (Lipinski definition) is 8. The zero-order valence-electron chi connectivity index (χ0n) is 34.1. The Bertz CT molecular complexity index is 2080. The molecule has 7 rings (SSSR count). The summed E-state index contributed by atoms with van der Waals surface area (Å²) in [5, 5.41) is 28.9. The fourth-order valence-corrected chi connectivity index (χ4v) is 9.40. The first-order valence-electron chi connectivity index (χ1n) is 21.0. The Labute approximate surface area is 347 Å². The first-order valence-corrected chi connectivity index (χ1v) is 21.0. The number of benzene rings is 3. The van der Waals surface area contributed by atoms with Gasteiger partial charge >= 0.3 is 6.03 Å². The molecule has 0 bridgehead atoms. The third-order valence-electron chi connectivity index (χ3n) is 12.1. The number of rotatable bonds is 20. The molecule has 1 aliphatic heterocycles. The average Bonchev–Trinajstić information content (AvgIpc) is 3.69. The molecule has 11 heteroatoms. The molecular formula is C48H58N4O7. The molecular weight excluding hydrogens is 745 g/mol. The van der Waals surface area contributed by atoms with Gasteiger partial charge in [-0.15, -0.1) is 6.58 Å². The summed E-state index contributed by atoms with van der Waals surface area (Å²) in [6.07, 6.45) is 10.8. The van der Waals surface area contributed by atoms with Crippen LogP contribution in [0.2, 0.25) is 0 Å². The Morgan fingerprint density at radius 3 is 2.51 bits per heavy atom. The zero-order chi connectivity index (χ0) is 41.2. The van der Waals surface area contributed by atoms with Crippen molar-refractivity contribution in [3.63, 3.8) is 0 Å². The number of ether oxygens (including phenoxy) is 3. The van der Waals surface area contributed by atoms with E-state index in [-0.39, 0.29) is 50.2 Å². The number of amides is 2. The van der Waals surface area contributed by atoms with E-state index in [2.05, 4.69) is 35.6 Å². The Morgan fingerprint density at radius 2 is 1.75 bits per heavy atom. The number of aliphatic hydroxyl groups is 2. The smallest absolute Gasteiger partial charge is 0.317 e. The third kappa shape index (κ3) is 9.12. The molecule has 0 radical (unpaired) electrons. The number of urea groups is 1. The first kappa shape index (κ1) is 41.8. The maximum atomic E-state index is 14.4. The molecule has 1 saturated carbocycles. The van der Waals surface area contributed by atoms with Crippen LogP contribution in [0.3, 0.4) is 0 Å². The van der Waals surface area contributed by atoms with Crippen molar-refractivity contribution >= 4 is 22.6 Å². The molecule has 2 amide bonds. The summed E-state index contributed by atoms with van der Waals surface area (Å²) in [5.41, 5.74) is 5.59. The van der Waals surface area contributed by atoms with Crippen LogP contribution in [0.4, 0.5) is 4.79 Å². The highest BCUT2D eigenvalue weighted by atomic mass is 16.7. The van der Waals surface area contributed by atoms with Crippen LogP contribution in [0.25, 0.3) is 10.9 Å². The number of para-hydroxylation sites is 1. The topological polar surface area (TPSA) is 138 Å². The van der Waals surface area contributed by atoms with Gasteiger partial charge < -0.3 is 44.5 Å². The number of nitrogens with one attached hydrogen (secondary N) is 2. The molecule has 1 fully saturated rings. The summed E-state index contributed by atoms with van der Waals surface area (Å²) >= 11 is 0. The van der Waals surface area contributed by atoms with Crippen molar-refractivity contribution in [2.75, 3.05) is 33.5 Å². The van der Waals surface area contributed by atoms with E-state index in [4.69, 9.17) is 24.2 Å². The summed E-state index contributed by atoms with van der Waals surface area (Å²) in [5.74, 6) is -0.331. The normalized spacial score (nSPS) is 23.7. The number of aromatic amines is 1. The largest absolute Gasteiger partial charge is 0.490 e. The lowest BCUT2D eigenvalue weighted by molar-refractivity contribution is -0.252. The second-order valence-electron chi connectivity index (χ2n) is 15.8. The molecule has 0 spiro atoms. The van der Waals surface area contributed by atoms with Crippen LogP contribution >= 0.6 is 0 Å². The van der Waals surface area contributed by atoms with E-state index >= 15 is 0 Å². The van der Waals surface area contributed by atoms with Gasteiger partial charge in [-0.3, -0.25) is 0 Å². The number of likely N-dealkylation sites (N-methyl/N-ethyl adjacent to an activating group) is 1. The van der Waals surface area contributed by atoms with E-state index in [0.29, 0.717) is 43.9 Å². The Hall–Kier alpha value is -5.36. The molecule has 3 aliphatic rings. The molecule has 1 aromatic heterocycles. The van der Waals surface area contributed by atoms with Crippen LogP contribution in [-0.4, -0.2) is 77.1 Å². The lowest BCUT2D eigenvalue weighted by Crippen LogP contribution is -2.70. The van der Waals surface area contributed by atoms with Gasteiger partial charge in [0.25, 0.3) is 0 Å². The predicted molar refractivity (Wildman–Crippen MR) is 230 cm³/mol. The van der Waals surface area contributed by atoms with Gasteiger partial charge in [-0.05, 0) is 84.4 Å². The molecule has 3 aromatic carbocycles. The second kappa shape index (κ2) is 19.6. The highest BCUT2D eigenvalue weighted by Crippen LogP contribution is 2.61. The van der Waals surface area contributed by atoms with E-state index in [9.17, 15) is 15.0 Å². The van der Waals surface area contributed by atoms with Crippen molar-refractivity contribution in [2.24, 2.45) is 22.9 Å². The van der Waals surface area contributed by atoms with Crippen LogP contribution < -0.4 is 14.8 Å². The van der Waals surface area contributed by atoms with E-state index in [1.165, 1.54) is 0 Å². The van der Waals surface area contributed by atoms with Crippen LogP contribution in [0.1, 0.15) is 67.7 Å². The number of aliphatic hydroxyl groups excluding tert-OH is 2. The lowest BCUT2D eigenvalue weighted by atomic mass is 9.55. The number of carbonyl (C=O) groups is 1. The van der Waals surface area contributed by atoms with Crippen molar-refractivity contribution in [1.29, 1.82) is 0 Å². The number of fused-ring (bicyclic) bond motifs is 3. The predicted octanol–water partition coefficient (Wildman–Crippen LogP) is 8.41. The SMILES string of the molecule is C=CCOc1ccc2c(c1)C1C(CCCCO)C(CCCCO)C=C3C(=NOCc4ccccc4)CC(N(C)C(=O)NCc4cc5ccccc5[nH]4)C(OCC=C)(O2)C31. The van der Waals surface area contributed by atoms with E-state index in [1.54, 1.807) is 24.1 Å². The number of aromatic nitrogens is 1. The van der Waals surface area contributed by atoms with Crippen LogP contribution in [-0.2, 0) is 22.7 Å². The van der Waals surface area contributed by atoms with Crippen LogP contribution in [0.15, 0.2) is 121 Å².